The number of allylic oxidation sites excluding steroid dienone is 1. The van der Waals surface area contributed by atoms with Gasteiger partial charge in [-0.25, -0.2) is 0 Å². The molecular formula is C19H7F23O4S. The van der Waals surface area contributed by atoms with Crippen LogP contribution >= 0.6 is 11.3 Å². The highest BCUT2D eigenvalue weighted by Gasteiger charge is 2.98. The number of hydrogen-bond donors (Lipinski definition) is 0. The van der Waals surface area contributed by atoms with Gasteiger partial charge in [0.25, 0.3) is 5.76 Å². The van der Waals surface area contributed by atoms with Crippen LogP contribution in [0.25, 0.3) is 0 Å². The van der Waals surface area contributed by atoms with Gasteiger partial charge in [-0.15, -0.1) is 11.3 Å². The van der Waals surface area contributed by atoms with Gasteiger partial charge in [-0.2, -0.15) is 106 Å². The molecule has 1 aliphatic heterocycles. The number of fused-ring (bicyclic) bond motifs is 1. The predicted octanol–water partition coefficient (Wildman–Crippen LogP) is 9.22. The van der Waals surface area contributed by atoms with Crippen LogP contribution < -0.4 is 9.47 Å². The Hall–Kier alpha value is -2.81. The van der Waals surface area contributed by atoms with Crippen molar-refractivity contribution in [3.8, 4) is 11.5 Å². The van der Waals surface area contributed by atoms with Crippen molar-refractivity contribution in [3.63, 3.8) is 0 Å². The Balaban J connectivity index is 2.49. The second-order valence-electron chi connectivity index (χ2n) is 8.78. The van der Waals surface area contributed by atoms with Crippen LogP contribution in [0.1, 0.15) is 0 Å². The SMILES string of the molecule is FC(F)=C(OOCC1COc2cscc2O1)C(F)(F)C(F)(F)C(F)(F)C(F)(F)C(F)(F)C(F)(F)C(F)(F)C(F)(F)C(F)(F)C(F)(F)F. The summed E-state index contributed by atoms with van der Waals surface area (Å²) in [6, 6.07) is 0. The molecule has 2 heterocycles. The summed E-state index contributed by atoms with van der Waals surface area (Å²) in [5.74, 6) is -85.1. The fourth-order valence-corrected chi connectivity index (χ4v) is 3.69. The molecule has 0 aliphatic carbocycles. The maximum absolute atomic E-state index is 14.2. The zero-order valence-corrected chi connectivity index (χ0v) is 21.7. The molecule has 0 amide bonds. The summed E-state index contributed by atoms with van der Waals surface area (Å²) < 4.78 is 319. The van der Waals surface area contributed by atoms with Crippen molar-refractivity contribution >= 4 is 11.3 Å². The van der Waals surface area contributed by atoms with Gasteiger partial charge < -0.3 is 14.4 Å². The first-order valence-corrected chi connectivity index (χ1v) is 11.7. The number of rotatable bonds is 13. The van der Waals surface area contributed by atoms with Crippen molar-refractivity contribution in [2.24, 2.45) is 0 Å². The van der Waals surface area contributed by atoms with Crippen LogP contribution in [0.3, 0.4) is 0 Å². The van der Waals surface area contributed by atoms with Gasteiger partial charge in [-0.1, -0.05) is 0 Å². The van der Waals surface area contributed by atoms with E-state index in [4.69, 9.17) is 9.47 Å². The van der Waals surface area contributed by atoms with Gasteiger partial charge in [0.15, 0.2) is 17.6 Å². The number of halogens is 23. The van der Waals surface area contributed by atoms with Crippen LogP contribution in [0.2, 0.25) is 0 Å². The molecule has 0 saturated carbocycles. The fourth-order valence-electron chi connectivity index (χ4n) is 3.02. The smallest absolute Gasteiger partial charge is 0.460 e. The third-order valence-corrected chi connectivity index (χ3v) is 6.38. The van der Waals surface area contributed by atoms with Gasteiger partial charge in [-0.05, 0) is 0 Å². The molecule has 0 radical (unpaired) electrons. The van der Waals surface area contributed by atoms with E-state index in [1.807, 2.05) is 0 Å². The lowest BCUT2D eigenvalue weighted by molar-refractivity contribution is -0.474. The van der Waals surface area contributed by atoms with Gasteiger partial charge in [-0.3, -0.25) is 0 Å². The lowest BCUT2D eigenvalue weighted by Crippen LogP contribution is -2.77. The Morgan fingerprint density at radius 2 is 0.979 bits per heavy atom. The maximum atomic E-state index is 14.2. The predicted molar refractivity (Wildman–Crippen MR) is 101 cm³/mol. The summed E-state index contributed by atoms with van der Waals surface area (Å²) in [6.45, 7) is -2.15. The van der Waals surface area contributed by atoms with Crippen molar-refractivity contribution in [2.45, 2.75) is 65.6 Å². The molecule has 4 nitrogen and oxygen atoms in total. The van der Waals surface area contributed by atoms with Gasteiger partial charge in [0.2, 0.25) is 0 Å². The molecule has 0 spiro atoms. The van der Waals surface area contributed by atoms with Crippen LogP contribution in [0.4, 0.5) is 101 Å². The van der Waals surface area contributed by atoms with E-state index in [9.17, 15) is 101 Å². The second-order valence-corrected chi connectivity index (χ2v) is 9.52. The first-order valence-electron chi connectivity index (χ1n) is 10.8. The van der Waals surface area contributed by atoms with Gasteiger partial charge in [0.1, 0.15) is 13.2 Å². The normalized spacial score (nSPS) is 17.9. The molecule has 0 bridgehead atoms. The van der Waals surface area contributed by atoms with Gasteiger partial charge in [0, 0.05) is 10.8 Å². The Morgan fingerprint density at radius 1 is 0.596 bits per heavy atom. The molecule has 1 atom stereocenters. The third kappa shape index (κ3) is 5.72. The van der Waals surface area contributed by atoms with Crippen molar-refractivity contribution in [1.29, 1.82) is 0 Å². The van der Waals surface area contributed by atoms with E-state index < -0.39 is 90.6 Å². The van der Waals surface area contributed by atoms with E-state index >= 15 is 0 Å². The minimum absolute atomic E-state index is 0.0230. The molecular weight excluding hydrogens is 761 g/mol. The summed E-state index contributed by atoms with van der Waals surface area (Å²) >= 11 is 0.907. The molecule has 0 aromatic carbocycles. The van der Waals surface area contributed by atoms with E-state index in [1.54, 1.807) is 0 Å². The summed E-state index contributed by atoms with van der Waals surface area (Å²) in [5, 5.41) is 2.48. The molecule has 1 unspecified atom stereocenters. The van der Waals surface area contributed by atoms with Crippen LogP contribution in [0, 0.1) is 0 Å². The van der Waals surface area contributed by atoms with E-state index in [0.29, 0.717) is 0 Å². The number of hydrogen-bond acceptors (Lipinski definition) is 5. The van der Waals surface area contributed by atoms with Crippen LogP contribution in [0.15, 0.2) is 22.6 Å². The molecule has 2 rings (SSSR count). The highest BCUT2D eigenvalue weighted by Crippen LogP contribution is 2.66. The zero-order valence-electron chi connectivity index (χ0n) is 20.9. The van der Waals surface area contributed by atoms with Gasteiger partial charge >= 0.3 is 65.6 Å². The molecule has 0 N–H and O–H groups in total. The number of thiophene rings is 1. The number of alkyl halides is 21. The minimum atomic E-state index is -9.42. The number of ether oxygens (including phenoxy) is 2. The molecule has 0 saturated heterocycles. The van der Waals surface area contributed by atoms with Crippen LogP contribution in [-0.2, 0) is 9.78 Å². The van der Waals surface area contributed by atoms with E-state index in [0.717, 1.165) is 11.3 Å². The average molecular weight is 768 g/mol. The molecule has 47 heavy (non-hydrogen) atoms. The highest BCUT2D eigenvalue weighted by atomic mass is 32.1. The first kappa shape index (κ1) is 40.4. The fraction of sp³-hybridized carbons (Fsp3) is 0.684. The average Bonchev–Trinajstić information content (AvgIpc) is 3.37. The largest absolute Gasteiger partial charge is 0.485 e. The third-order valence-electron chi connectivity index (χ3n) is 5.68. The summed E-state index contributed by atoms with van der Waals surface area (Å²) in [6.07, 6.45) is -14.2. The second kappa shape index (κ2) is 11.7. The van der Waals surface area contributed by atoms with Crippen LogP contribution in [0.5, 0.6) is 11.5 Å². The van der Waals surface area contributed by atoms with Crippen molar-refractivity contribution in [3.05, 3.63) is 22.6 Å². The Bertz CT molecular complexity index is 1310. The van der Waals surface area contributed by atoms with Crippen molar-refractivity contribution < 1.29 is 120 Å². The van der Waals surface area contributed by atoms with Gasteiger partial charge in [0.05, 0.1) is 0 Å². The Morgan fingerprint density at radius 3 is 1.38 bits per heavy atom. The topological polar surface area (TPSA) is 36.9 Å². The quantitative estimate of drug-likeness (QED) is 0.0869. The molecule has 1 aromatic heterocycles. The first-order chi connectivity index (χ1) is 20.6. The highest BCUT2D eigenvalue weighted by molar-refractivity contribution is 7.08. The minimum Gasteiger partial charge on any atom is -0.485 e. The van der Waals surface area contributed by atoms with Crippen molar-refractivity contribution in [1.82, 2.24) is 0 Å². The molecule has 274 valence electrons. The molecule has 1 aliphatic rings. The van der Waals surface area contributed by atoms with E-state index in [-0.39, 0.29) is 11.5 Å². The Kier molecular flexibility index (Phi) is 10.0. The molecule has 28 heteroatoms. The molecule has 0 fully saturated rings. The van der Waals surface area contributed by atoms with Crippen molar-refractivity contribution in [2.75, 3.05) is 13.2 Å². The van der Waals surface area contributed by atoms with E-state index in [1.165, 1.54) is 10.8 Å². The monoisotopic (exact) mass is 768 g/mol. The lowest BCUT2D eigenvalue weighted by atomic mass is 9.86. The van der Waals surface area contributed by atoms with Crippen LogP contribution in [-0.4, -0.2) is 78.8 Å². The Labute approximate surface area is 245 Å². The summed E-state index contributed by atoms with van der Waals surface area (Å²) in [4.78, 5) is 6.63. The zero-order chi connectivity index (χ0) is 37.3. The molecule has 1 aromatic rings. The lowest BCUT2D eigenvalue weighted by Gasteiger charge is -2.44. The summed E-state index contributed by atoms with van der Waals surface area (Å²) in [7, 11) is 0. The summed E-state index contributed by atoms with van der Waals surface area (Å²) in [5.41, 5.74) is 0. The standard InChI is InChI=1S/C19H7F23O4S/c20-9(21)8(46-44-2-5-1-43-6-3-47-4-7(6)45-5)10(22,23)11(24,25)12(26,27)13(28,29)14(30,31)15(32,33)16(34,35)17(36,37)18(38,39)19(40,41)42/h3-5H,1-2H2. The maximum Gasteiger partial charge on any atom is 0.460 e. The van der Waals surface area contributed by atoms with E-state index in [2.05, 4.69) is 9.78 Å².